The van der Waals surface area contributed by atoms with Gasteiger partial charge >= 0.3 is 0 Å². The van der Waals surface area contributed by atoms with Crippen molar-refractivity contribution in [2.45, 2.75) is 23.6 Å². The Morgan fingerprint density at radius 3 is 1.02 bits per heavy atom. The zero-order valence-electron chi connectivity index (χ0n) is 23.7. The number of benzene rings is 6. The molecule has 4 unspecified atom stereocenters. The minimum absolute atomic E-state index is 0.331. The van der Waals surface area contributed by atoms with E-state index in [1.165, 1.54) is 44.5 Å². The zero-order valence-corrected chi connectivity index (χ0v) is 25.7. The Balaban J connectivity index is 1.42. The van der Waals surface area contributed by atoms with Crippen LogP contribution in [-0.4, -0.2) is 0 Å². The summed E-state index contributed by atoms with van der Waals surface area (Å²) in [7, 11) is 1.49. The fourth-order valence-electron chi connectivity index (χ4n) is 5.73. The molecule has 0 radical (unpaired) electrons. The van der Waals surface area contributed by atoms with Crippen LogP contribution in [0.1, 0.15) is 44.7 Å². The predicted octanol–water partition coefficient (Wildman–Crippen LogP) is 11.3. The molecule has 0 nitrogen and oxygen atoms in total. The van der Waals surface area contributed by atoms with Gasteiger partial charge in [0.15, 0.2) is 0 Å². The first-order valence-corrected chi connectivity index (χ1v) is 17.3. The minimum Gasteiger partial charge on any atom is -0.105 e. The summed E-state index contributed by atoms with van der Waals surface area (Å²) in [5.74, 6) is 0. The Labute approximate surface area is 254 Å². The molecule has 6 rings (SSSR count). The maximum Gasteiger partial charge on any atom is 0.0271 e. The molecule has 0 bridgehead atoms. The van der Waals surface area contributed by atoms with Crippen molar-refractivity contribution in [2.75, 3.05) is 0 Å². The van der Waals surface area contributed by atoms with Gasteiger partial charge in [-0.2, -0.15) is 0 Å². The van der Waals surface area contributed by atoms with Gasteiger partial charge in [-0.15, -0.1) is 17.2 Å². The van der Waals surface area contributed by atoms with Crippen molar-refractivity contribution in [3.63, 3.8) is 0 Å². The highest BCUT2D eigenvalue weighted by atomic mass is 31.1. The smallest absolute Gasteiger partial charge is 0.0271 e. The van der Waals surface area contributed by atoms with Crippen LogP contribution >= 0.6 is 17.2 Å². The summed E-state index contributed by atoms with van der Waals surface area (Å²) < 4.78 is 0. The molecule has 6 aromatic carbocycles. The number of hydrogen-bond acceptors (Lipinski definition) is 0. The lowest BCUT2D eigenvalue weighted by Crippen LogP contribution is -2.03. The maximum atomic E-state index is 2.37. The van der Waals surface area contributed by atoms with Crippen LogP contribution in [0.4, 0.5) is 0 Å². The topological polar surface area (TPSA) is 0 Å². The SMILES string of the molecule is c1ccc(CPC(c2ccccc2)c2ccccc2-c2ccccc2C(PCc2ccccc2)c2ccccc2)cc1. The molecular formula is C40H36P2. The normalized spacial score (nSPS) is 13.0. The highest BCUT2D eigenvalue weighted by molar-refractivity contribution is 7.38. The van der Waals surface area contributed by atoms with Gasteiger partial charge in [0, 0.05) is 11.3 Å². The van der Waals surface area contributed by atoms with Crippen LogP contribution in [0.2, 0.25) is 0 Å². The van der Waals surface area contributed by atoms with Crippen LogP contribution < -0.4 is 0 Å². The molecule has 0 aromatic heterocycles. The third-order valence-electron chi connectivity index (χ3n) is 7.81. The molecule has 6 aromatic rings. The van der Waals surface area contributed by atoms with Crippen molar-refractivity contribution in [3.8, 4) is 11.1 Å². The summed E-state index contributed by atoms with van der Waals surface area (Å²) >= 11 is 0. The van der Waals surface area contributed by atoms with Gasteiger partial charge in [-0.1, -0.05) is 170 Å². The highest BCUT2D eigenvalue weighted by Gasteiger charge is 2.23. The van der Waals surface area contributed by atoms with Crippen molar-refractivity contribution in [1.82, 2.24) is 0 Å². The van der Waals surface area contributed by atoms with Crippen LogP contribution in [-0.2, 0) is 12.3 Å². The fourth-order valence-corrected chi connectivity index (χ4v) is 8.88. The van der Waals surface area contributed by atoms with E-state index >= 15 is 0 Å². The summed E-state index contributed by atoms with van der Waals surface area (Å²) in [5.41, 5.74) is 11.8. The van der Waals surface area contributed by atoms with Gasteiger partial charge in [-0.05, 0) is 56.8 Å². The van der Waals surface area contributed by atoms with Crippen LogP contribution in [0.15, 0.2) is 170 Å². The van der Waals surface area contributed by atoms with Gasteiger partial charge in [0.2, 0.25) is 0 Å². The molecule has 0 amide bonds. The van der Waals surface area contributed by atoms with Gasteiger partial charge in [0.05, 0.1) is 0 Å². The van der Waals surface area contributed by atoms with Gasteiger partial charge in [-0.25, -0.2) is 0 Å². The third kappa shape index (κ3) is 6.97. The first-order valence-electron chi connectivity index (χ1n) is 14.7. The van der Waals surface area contributed by atoms with Crippen molar-refractivity contribution in [1.29, 1.82) is 0 Å². The summed E-state index contributed by atoms with van der Waals surface area (Å²) in [6, 6.07) is 62.3. The van der Waals surface area contributed by atoms with Gasteiger partial charge in [0.25, 0.3) is 0 Å². The molecule has 2 heteroatoms. The number of rotatable bonds is 11. The van der Waals surface area contributed by atoms with Crippen LogP contribution in [0.25, 0.3) is 11.1 Å². The molecule has 0 aliphatic carbocycles. The molecular weight excluding hydrogens is 542 g/mol. The summed E-state index contributed by atoms with van der Waals surface area (Å²) in [4.78, 5) is 0. The van der Waals surface area contributed by atoms with Crippen molar-refractivity contribution in [3.05, 3.63) is 203 Å². The average Bonchev–Trinajstić information content (AvgIpc) is 3.07. The van der Waals surface area contributed by atoms with Crippen LogP contribution in [0.3, 0.4) is 0 Å². The Morgan fingerprint density at radius 1 is 0.333 bits per heavy atom. The van der Waals surface area contributed by atoms with E-state index in [0.717, 1.165) is 29.5 Å². The largest absolute Gasteiger partial charge is 0.105 e. The molecule has 206 valence electrons. The highest BCUT2D eigenvalue weighted by Crippen LogP contribution is 2.50. The Hall–Kier alpha value is -3.82. The Kier molecular flexibility index (Phi) is 9.69. The Morgan fingerprint density at radius 2 is 0.643 bits per heavy atom. The van der Waals surface area contributed by atoms with Crippen molar-refractivity contribution < 1.29 is 0 Å². The molecule has 0 aliphatic rings. The molecule has 0 fully saturated rings. The van der Waals surface area contributed by atoms with E-state index in [2.05, 4.69) is 170 Å². The lowest BCUT2D eigenvalue weighted by atomic mass is 9.89. The molecule has 0 heterocycles. The predicted molar refractivity (Wildman–Crippen MR) is 185 cm³/mol. The van der Waals surface area contributed by atoms with E-state index in [9.17, 15) is 0 Å². The van der Waals surface area contributed by atoms with E-state index < -0.39 is 0 Å². The third-order valence-corrected chi connectivity index (χ3v) is 11.1. The first-order chi connectivity index (χ1) is 20.9. The van der Waals surface area contributed by atoms with E-state index in [-0.39, 0.29) is 0 Å². The van der Waals surface area contributed by atoms with E-state index in [4.69, 9.17) is 0 Å². The second-order valence-electron chi connectivity index (χ2n) is 10.6. The lowest BCUT2D eigenvalue weighted by Gasteiger charge is -2.26. The average molecular weight is 579 g/mol. The van der Waals surface area contributed by atoms with Crippen LogP contribution in [0.5, 0.6) is 0 Å². The van der Waals surface area contributed by atoms with E-state index in [0.29, 0.717) is 11.3 Å². The molecule has 0 saturated heterocycles. The minimum atomic E-state index is 0.331. The maximum absolute atomic E-state index is 2.37. The fraction of sp³-hybridized carbons (Fsp3) is 0.100. The van der Waals surface area contributed by atoms with Gasteiger partial charge < -0.3 is 0 Å². The molecule has 42 heavy (non-hydrogen) atoms. The van der Waals surface area contributed by atoms with E-state index in [1.807, 2.05) is 0 Å². The second kappa shape index (κ2) is 14.4. The molecule has 0 spiro atoms. The second-order valence-corrected chi connectivity index (χ2v) is 13.3. The van der Waals surface area contributed by atoms with Crippen molar-refractivity contribution >= 4 is 17.2 Å². The van der Waals surface area contributed by atoms with E-state index in [1.54, 1.807) is 0 Å². The quantitative estimate of drug-likeness (QED) is 0.134. The van der Waals surface area contributed by atoms with Crippen molar-refractivity contribution in [2.24, 2.45) is 0 Å². The first kappa shape index (κ1) is 28.3. The van der Waals surface area contributed by atoms with Crippen LogP contribution in [0, 0.1) is 0 Å². The Bertz CT molecular complexity index is 1540. The summed E-state index contributed by atoms with van der Waals surface area (Å²) in [6.45, 7) is 0. The summed E-state index contributed by atoms with van der Waals surface area (Å²) in [5, 5.41) is 0. The standard InChI is InChI=1S/C40H36P2/c1-5-17-31(18-6-1)29-41-39(33-21-9-3-10-22-33)37-27-15-13-25-35(37)36-26-14-16-28-38(36)40(34-23-11-4-12-24-34)42-30-32-19-7-2-8-20-32/h1-28,39-42H,29-30H2. The zero-order chi connectivity index (χ0) is 28.4. The summed E-state index contributed by atoms with van der Waals surface area (Å²) in [6.07, 6.45) is 2.14. The monoisotopic (exact) mass is 578 g/mol. The van der Waals surface area contributed by atoms with Gasteiger partial charge in [-0.3, -0.25) is 0 Å². The lowest BCUT2D eigenvalue weighted by molar-refractivity contribution is 1.12. The molecule has 0 aliphatic heterocycles. The number of hydrogen-bond donors (Lipinski definition) is 0. The molecule has 0 saturated carbocycles. The molecule has 4 atom stereocenters. The molecule has 0 N–H and O–H groups in total. The van der Waals surface area contributed by atoms with Gasteiger partial charge in [0.1, 0.15) is 0 Å².